The monoisotopic (exact) mass is 411 g/mol. The molecule has 2 aromatic carbocycles. The minimum absolute atomic E-state index is 0.146. The molecule has 0 aliphatic heterocycles. The number of hydrogen-bond donors (Lipinski definition) is 0. The number of rotatable bonds is 5. The third-order valence-electron chi connectivity index (χ3n) is 4.64. The molecular formula is C22H16F3N3O2. The van der Waals surface area contributed by atoms with Crippen LogP contribution in [0.3, 0.4) is 0 Å². The summed E-state index contributed by atoms with van der Waals surface area (Å²) in [6.07, 6.45) is -4.60. The Hall–Kier alpha value is -3.73. The zero-order valence-electron chi connectivity index (χ0n) is 15.8. The number of carbonyl (C=O) groups excluding carboxylic acids is 1. The topological polar surface area (TPSA) is 75.8 Å². The van der Waals surface area contributed by atoms with Gasteiger partial charge in [0.15, 0.2) is 5.78 Å². The molecule has 0 fully saturated rings. The molecule has 3 rings (SSSR count). The van der Waals surface area contributed by atoms with Gasteiger partial charge in [-0.05, 0) is 36.8 Å². The summed E-state index contributed by atoms with van der Waals surface area (Å²) in [5.41, 5.74) is 0.366. The molecule has 0 bridgehead atoms. The van der Waals surface area contributed by atoms with Crippen LogP contribution in [0.4, 0.5) is 13.2 Å². The molecule has 0 saturated carbocycles. The van der Waals surface area contributed by atoms with Gasteiger partial charge in [-0.25, -0.2) is 4.68 Å². The highest BCUT2D eigenvalue weighted by molar-refractivity contribution is 5.84. The normalized spacial score (nSPS) is 12.2. The van der Waals surface area contributed by atoms with E-state index >= 15 is 0 Å². The van der Waals surface area contributed by atoms with Crippen molar-refractivity contribution in [3.05, 3.63) is 87.7 Å². The molecule has 1 aromatic heterocycles. The van der Waals surface area contributed by atoms with Crippen molar-refractivity contribution >= 4 is 5.78 Å². The first kappa shape index (κ1) is 21.0. The molecule has 1 unspecified atom stereocenters. The molecule has 0 aliphatic carbocycles. The zero-order chi connectivity index (χ0) is 21.9. The van der Waals surface area contributed by atoms with E-state index in [4.69, 9.17) is 0 Å². The summed E-state index contributed by atoms with van der Waals surface area (Å²) in [7, 11) is 0. The average Bonchev–Trinajstić information content (AvgIpc) is 2.73. The molecule has 8 heteroatoms. The number of carbonyl (C=O) groups is 1. The predicted octanol–water partition coefficient (Wildman–Crippen LogP) is 4.17. The van der Waals surface area contributed by atoms with Gasteiger partial charge in [0.1, 0.15) is 6.04 Å². The van der Waals surface area contributed by atoms with Gasteiger partial charge in [0.25, 0.3) is 5.56 Å². The van der Waals surface area contributed by atoms with E-state index < -0.39 is 23.3 Å². The van der Waals surface area contributed by atoms with E-state index in [1.807, 2.05) is 0 Å². The summed E-state index contributed by atoms with van der Waals surface area (Å²) >= 11 is 0. The number of aromatic nitrogens is 2. The molecule has 0 amide bonds. The fourth-order valence-electron chi connectivity index (χ4n) is 2.95. The third kappa shape index (κ3) is 4.46. The number of hydrogen-bond acceptors (Lipinski definition) is 4. The van der Waals surface area contributed by atoms with Gasteiger partial charge in [0, 0.05) is 18.1 Å². The van der Waals surface area contributed by atoms with Crippen molar-refractivity contribution in [2.75, 3.05) is 0 Å². The Morgan fingerprint density at radius 1 is 1.10 bits per heavy atom. The van der Waals surface area contributed by atoms with E-state index in [9.17, 15) is 28.0 Å². The van der Waals surface area contributed by atoms with Gasteiger partial charge in [-0.1, -0.05) is 30.3 Å². The maximum Gasteiger partial charge on any atom is 0.416 e. The minimum atomic E-state index is -4.45. The van der Waals surface area contributed by atoms with Crippen LogP contribution in [0.5, 0.6) is 0 Å². The number of nitrogens with zero attached hydrogens (tertiary/aromatic N) is 3. The molecule has 1 atom stereocenters. The van der Waals surface area contributed by atoms with Crippen molar-refractivity contribution in [1.82, 2.24) is 9.78 Å². The van der Waals surface area contributed by atoms with Gasteiger partial charge in [-0.15, -0.1) is 0 Å². The molecule has 0 saturated heterocycles. The number of nitriles is 1. The summed E-state index contributed by atoms with van der Waals surface area (Å²) in [5, 5.41) is 13.5. The smallest absolute Gasteiger partial charge is 0.297 e. The fraction of sp³-hybridized carbons (Fsp3) is 0.182. The van der Waals surface area contributed by atoms with Crippen LogP contribution in [-0.4, -0.2) is 15.6 Å². The van der Waals surface area contributed by atoms with Crippen LogP contribution in [0, 0.1) is 11.3 Å². The average molecular weight is 411 g/mol. The van der Waals surface area contributed by atoms with E-state index in [2.05, 4.69) is 11.2 Å². The molecule has 5 nitrogen and oxygen atoms in total. The Morgan fingerprint density at radius 2 is 1.77 bits per heavy atom. The number of alkyl halides is 3. The summed E-state index contributed by atoms with van der Waals surface area (Å²) in [4.78, 5) is 24.9. The Morgan fingerprint density at radius 3 is 2.40 bits per heavy atom. The Labute approximate surface area is 170 Å². The number of ketones is 1. The quantitative estimate of drug-likeness (QED) is 0.631. The minimum Gasteiger partial charge on any atom is -0.297 e. The van der Waals surface area contributed by atoms with Gasteiger partial charge < -0.3 is 0 Å². The molecule has 30 heavy (non-hydrogen) atoms. The summed E-state index contributed by atoms with van der Waals surface area (Å²) < 4.78 is 39.0. The second-order valence-electron chi connectivity index (χ2n) is 6.67. The van der Waals surface area contributed by atoms with E-state index in [0.717, 1.165) is 16.8 Å². The number of benzene rings is 2. The highest BCUT2D eigenvalue weighted by Crippen LogP contribution is 2.29. The first-order valence-electron chi connectivity index (χ1n) is 8.99. The van der Waals surface area contributed by atoms with Crippen molar-refractivity contribution < 1.29 is 18.0 Å². The highest BCUT2D eigenvalue weighted by Gasteiger charge is 2.30. The lowest BCUT2D eigenvalue weighted by molar-refractivity contribution is -0.137. The lowest BCUT2D eigenvalue weighted by Gasteiger charge is -2.15. The van der Waals surface area contributed by atoms with Crippen molar-refractivity contribution in [2.45, 2.75) is 25.6 Å². The van der Waals surface area contributed by atoms with Gasteiger partial charge in [0.2, 0.25) is 0 Å². The molecular weight excluding hydrogens is 395 g/mol. The molecule has 0 radical (unpaired) electrons. The standard InChI is InChI=1S/C22H16F3N3O2/c1-14(20(29)12-15-6-8-17(9-7-15)22(23,24)25)28-21(30)11-10-19(27-28)18-5-3-2-4-16(18)13-26/h2-11,14H,12H2,1H3. The first-order chi connectivity index (χ1) is 14.2. The molecule has 152 valence electrons. The van der Waals surface area contributed by atoms with E-state index in [1.54, 1.807) is 24.3 Å². The predicted molar refractivity (Wildman–Crippen MR) is 104 cm³/mol. The second kappa shape index (κ2) is 8.33. The zero-order valence-corrected chi connectivity index (χ0v) is 15.8. The van der Waals surface area contributed by atoms with Gasteiger partial charge in [-0.3, -0.25) is 9.59 Å². The van der Waals surface area contributed by atoms with Crippen LogP contribution < -0.4 is 5.56 Å². The Bertz CT molecular complexity index is 1180. The summed E-state index contributed by atoms with van der Waals surface area (Å²) in [6, 6.07) is 14.9. The van der Waals surface area contributed by atoms with Crippen LogP contribution in [0.2, 0.25) is 0 Å². The SMILES string of the molecule is CC(C(=O)Cc1ccc(C(F)(F)F)cc1)n1nc(-c2ccccc2C#N)ccc1=O. The summed E-state index contributed by atoms with van der Waals surface area (Å²) in [6.45, 7) is 1.50. The lowest BCUT2D eigenvalue weighted by atomic mass is 10.0. The molecule has 0 spiro atoms. The Balaban J connectivity index is 1.86. The van der Waals surface area contributed by atoms with Crippen molar-refractivity contribution in [1.29, 1.82) is 5.26 Å². The van der Waals surface area contributed by atoms with Crippen LogP contribution in [-0.2, 0) is 17.4 Å². The second-order valence-corrected chi connectivity index (χ2v) is 6.67. The van der Waals surface area contributed by atoms with E-state index in [0.29, 0.717) is 22.4 Å². The fourth-order valence-corrected chi connectivity index (χ4v) is 2.95. The lowest BCUT2D eigenvalue weighted by Crippen LogP contribution is -2.31. The van der Waals surface area contributed by atoms with Crippen molar-refractivity contribution in [3.8, 4) is 17.3 Å². The largest absolute Gasteiger partial charge is 0.416 e. The third-order valence-corrected chi connectivity index (χ3v) is 4.64. The maximum atomic E-state index is 12.7. The molecule has 0 N–H and O–H groups in total. The summed E-state index contributed by atoms with van der Waals surface area (Å²) in [5.74, 6) is -0.380. The number of halogens is 3. The van der Waals surface area contributed by atoms with Crippen LogP contribution in [0.1, 0.15) is 29.7 Å². The van der Waals surface area contributed by atoms with Gasteiger partial charge >= 0.3 is 6.18 Å². The maximum absolute atomic E-state index is 12.7. The number of Topliss-reactive ketones (excluding diaryl/α,β-unsaturated/α-hetero) is 1. The van der Waals surface area contributed by atoms with Crippen LogP contribution in [0.25, 0.3) is 11.3 Å². The van der Waals surface area contributed by atoms with Gasteiger partial charge in [-0.2, -0.15) is 23.5 Å². The van der Waals surface area contributed by atoms with E-state index in [1.165, 1.54) is 31.2 Å². The molecule has 3 aromatic rings. The highest BCUT2D eigenvalue weighted by atomic mass is 19.4. The van der Waals surface area contributed by atoms with Crippen LogP contribution in [0.15, 0.2) is 65.5 Å². The van der Waals surface area contributed by atoms with Crippen LogP contribution >= 0.6 is 0 Å². The first-order valence-corrected chi connectivity index (χ1v) is 8.99. The molecule has 1 heterocycles. The Kier molecular flexibility index (Phi) is 5.83. The van der Waals surface area contributed by atoms with E-state index in [-0.39, 0.29) is 12.2 Å². The molecule has 0 aliphatic rings. The van der Waals surface area contributed by atoms with Crippen molar-refractivity contribution in [3.63, 3.8) is 0 Å². The van der Waals surface area contributed by atoms with Gasteiger partial charge in [0.05, 0.1) is 22.9 Å². The van der Waals surface area contributed by atoms with Crippen molar-refractivity contribution in [2.24, 2.45) is 0 Å².